The predicted octanol–water partition coefficient (Wildman–Crippen LogP) is 9.62. The second-order valence-corrected chi connectivity index (χ2v) is 14.4. The van der Waals surface area contributed by atoms with Crippen LogP contribution in [0.2, 0.25) is 0 Å². The highest BCUT2D eigenvalue weighted by molar-refractivity contribution is 5.77. The smallest absolute Gasteiger partial charge is 0.123 e. The lowest BCUT2D eigenvalue weighted by molar-refractivity contribution is 0.422. The predicted molar refractivity (Wildman–Crippen MR) is 155 cm³/mol. The third-order valence-electron chi connectivity index (χ3n) is 6.98. The Morgan fingerprint density at radius 1 is 0.389 bits per heavy atom. The molecule has 3 rings (SSSR count). The maximum Gasteiger partial charge on any atom is 0.123 e. The minimum atomic E-state index is -0.183. The molecule has 194 valence electrons. The van der Waals surface area contributed by atoms with Crippen molar-refractivity contribution in [2.45, 2.75) is 105 Å². The number of hydrogen-bond acceptors (Lipinski definition) is 2. The molecule has 0 aliphatic heterocycles. The van der Waals surface area contributed by atoms with Gasteiger partial charge in [-0.05, 0) is 74.2 Å². The third-order valence-corrected chi connectivity index (χ3v) is 6.98. The molecule has 0 bridgehead atoms. The monoisotopic (exact) mass is 486 g/mol. The van der Waals surface area contributed by atoms with Crippen molar-refractivity contribution in [1.29, 1.82) is 0 Å². The number of phenolic OH excluding ortho intramolecular Hbond substituents is 2. The Balaban J connectivity index is 2.28. The topological polar surface area (TPSA) is 40.5 Å². The molecule has 3 aromatic rings. The maximum atomic E-state index is 11.2. The summed E-state index contributed by atoms with van der Waals surface area (Å²) in [7, 11) is 0. The summed E-state index contributed by atoms with van der Waals surface area (Å²) in [5.74, 6) is 0.802. The van der Waals surface area contributed by atoms with Gasteiger partial charge in [-0.3, -0.25) is 0 Å². The van der Waals surface area contributed by atoms with E-state index in [-0.39, 0.29) is 21.7 Å². The molecule has 0 unspecified atom stereocenters. The lowest BCUT2D eigenvalue weighted by Gasteiger charge is -2.29. The van der Waals surface area contributed by atoms with Gasteiger partial charge in [-0.2, -0.15) is 0 Å². The van der Waals surface area contributed by atoms with Gasteiger partial charge in [-0.1, -0.05) is 101 Å². The molecule has 0 amide bonds. The lowest BCUT2D eigenvalue weighted by atomic mass is 9.77. The van der Waals surface area contributed by atoms with Crippen LogP contribution in [0.4, 0.5) is 0 Å². The molecule has 3 aromatic carbocycles. The van der Waals surface area contributed by atoms with Crippen LogP contribution in [0.3, 0.4) is 0 Å². The highest BCUT2D eigenvalue weighted by Gasteiger charge is 2.28. The zero-order chi connectivity index (χ0) is 27.4. The molecule has 0 aliphatic carbocycles. The van der Waals surface area contributed by atoms with Crippen LogP contribution in [0.25, 0.3) is 22.3 Å². The average molecular weight is 487 g/mol. The van der Waals surface area contributed by atoms with Crippen molar-refractivity contribution in [3.8, 4) is 33.8 Å². The van der Waals surface area contributed by atoms with E-state index in [1.165, 1.54) is 0 Å². The van der Waals surface area contributed by atoms with Gasteiger partial charge >= 0.3 is 0 Å². The molecular formula is C34H46O2. The van der Waals surface area contributed by atoms with E-state index in [4.69, 9.17) is 0 Å². The Kier molecular flexibility index (Phi) is 6.94. The first-order valence-electron chi connectivity index (χ1n) is 13.1. The third kappa shape index (κ3) is 5.64. The van der Waals surface area contributed by atoms with Crippen LogP contribution in [0.1, 0.15) is 105 Å². The molecule has 0 heterocycles. The summed E-state index contributed by atoms with van der Waals surface area (Å²) in [6.45, 7) is 25.8. The summed E-state index contributed by atoms with van der Waals surface area (Å²) >= 11 is 0. The van der Waals surface area contributed by atoms with Crippen molar-refractivity contribution in [3.63, 3.8) is 0 Å². The van der Waals surface area contributed by atoms with Crippen molar-refractivity contribution in [1.82, 2.24) is 0 Å². The zero-order valence-corrected chi connectivity index (χ0v) is 24.5. The summed E-state index contributed by atoms with van der Waals surface area (Å²) in [6, 6.07) is 17.2. The summed E-state index contributed by atoms with van der Waals surface area (Å²) in [5, 5.41) is 22.4. The van der Waals surface area contributed by atoms with Gasteiger partial charge in [0.05, 0.1) is 0 Å². The number of phenols is 2. The molecule has 2 heteroatoms. The number of rotatable bonds is 2. The van der Waals surface area contributed by atoms with E-state index < -0.39 is 0 Å². The maximum absolute atomic E-state index is 11.2. The Morgan fingerprint density at radius 2 is 0.639 bits per heavy atom. The van der Waals surface area contributed by atoms with E-state index in [1.54, 1.807) is 0 Å². The Morgan fingerprint density at radius 3 is 0.861 bits per heavy atom. The van der Waals surface area contributed by atoms with Crippen LogP contribution >= 0.6 is 0 Å². The van der Waals surface area contributed by atoms with Gasteiger partial charge in [0.15, 0.2) is 0 Å². The summed E-state index contributed by atoms with van der Waals surface area (Å²) < 4.78 is 0. The number of aromatic hydroxyl groups is 2. The second kappa shape index (κ2) is 8.98. The highest BCUT2D eigenvalue weighted by atomic mass is 16.3. The van der Waals surface area contributed by atoms with Gasteiger partial charge in [0.1, 0.15) is 11.5 Å². The van der Waals surface area contributed by atoms with E-state index >= 15 is 0 Å². The number of benzene rings is 3. The molecule has 0 fully saturated rings. The van der Waals surface area contributed by atoms with E-state index in [1.807, 2.05) is 0 Å². The van der Waals surface area contributed by atoms with Crippen LogP contribution < -0.4 is 0 Å². The summed E-state index contributed by atoms with van der Waals surface area (Å²) in [6.07, 6.45) is 0. The van der Waals surface area contributed by atoms with Gasteiger partial charge in [0, 0.05) is 22.3 Å². The highest BCUT2D eigenvalue weighted by Crippen LogP contribution is 2.44. The fraction of sp³-hybridized carbons (Fsp3) is 0.471. The van der Waals surface area contributed by atoms with Crippen LogP contribution in [0.5, 0.6) is 11.5 Å². The lowest BCUT2D eigenvalue weighted by Crippen LogP contribution is -2.17. The van der Waals surface area contributed by atoms with Crippen LogP contribution in [-0.4, -0.2) is 10.2 Å². The van der Waals surface area contributed by atoms with E-state index in [0.29, 0.717) is 11.5 Å². The van der Waals surface area contributed by atoms with Gasteiger partial charge in [-0.15, -0.1) is 0 Å². The minimum Gasteiger partial charge on any atom is -0.507 e. The molecule has 0 radical (unpaired) electrons. The fourth-order valence-corrected chi connectivity index (χ4v) is 4.77. The largest absolute Gasteiger partial charge is 0.507 e. The Hall–Kier alpha value is -2.74. The molecule has 0 atom stereocenters. The first-order chi connectivity index (χ1) is 16.2. The van der Waals surface area contributed by atoms with Gasteiger partial charge in [0.2, 0.25) is 0 Å². The standard InChI is InChI=1S/C34H46O2/c1-31(2,3)25-17-23(18-26(29(25)35)32(4,5)6)21-14-13-15-22(16-21)24-19-27(33(7,8)9)30(36)28(20-24)34(10,11)12/h13-20,35-36H,1-12H3. The van der Waals surface area contributed by atoms with E-state index in [2.05, 4.69) is 132 Å². The first-order valence-corrected chi connectivity index (χ1v) is 13.1. The molecule has 0 aliphatic rings. The van der Waals surface area contributed by atoms with Crippen LogP contribution in [0, 0.1) is 0 Å². The average Bonchev–Trinajstić information content (AvgIpc) is 2.70. The zero-order valence-electron chi connectivity index (χ0n) is 24.5. The molecule has 0 saturated carbocycles. The second-order valence-electron chi connectivity index (χ2n) is 14.4. The summed E-state index contributed by atoms with van der Waals surface area (Å²) in [5.41, 5.74) is 7.57. The Bertz CT molecular complexity index is 1100. The van der Waals surface area contributed by atoms with E-state index in [9.17, 15) is 10.2 Å². The van der Waals surface area contributed by atoms with Crippen LogP contribution in [0.15, 0.2) is 48.5 Å². The van der Waals surface area contributed by atoms with Gasteiger partial charge in [0.25, 0.3) is 0 Å². The first kappa shape index (κ1) is 27.8. The van der Waals surface area contributed by atoms with Gasteiger partial charge in [-0.25, -0.2) is 0 Å². The van der Waals surface area contributed by atoms with Crippen molar-refractivity contribution >= 4 is 0 Å². The van der Waals surface area contributed by atoms with Crippen LogP contribution in [-0.2, 0) is 21.7 Å². The summed E-state index contributed by atoms with van der Waals surface area (Å²) in [4.78, 5) is 0. The van der Waals surface area contributed by atoms with Gasteiger partial charge < -0.3 is 10.2 Å². The minimum absolute atomic E-state index is 0.183. The molecule has 36 heavy (non-hydrogen) atoms. The molecule has 0 saturated heterocycles. The molecule has 0 spiro atoms. The number of hydrogen-bond donors (Lipinski definition) is 2. The van der Waals surface area contributed by atoms with E-state index in [0.717, 1.165) is 44.5 Å². The molecular weight excluding hydrogens is 440 g/mol. The van der Waals surface area contributed by atoms with Crippen molar-refractivity contribution in [2.24, 2.45) is 0 Å². The fourth-order valence-electron chi connectivity index (χ4n) is 4.77. The van der Waals surface area contributed by atoms with Crippen molar-refractivity contribution < 1.29 is 10.2 Å². The normalized spacial score (nSPS) is 13.2. The quantitative estimate of drug-likeness (QED) is 0.378. The SMILES string of the molecule is CC(C)(C)c1cc(-c2cccc(-c3cc(C(C)(C)C)c(O)c(C(C)(C)C)c3)c2)cc(C(C)(C)C)c1O. The molecule has 2 N–H and O–H groups in total. The molecule has 0 aromatic heterocycles. The molecule has 2 nitrogen and oxygen atoms in total. The van der Waals surface area contributed by atoms with Crippen molar-refractivity contribution in [2.75, 3.05) is 0 Å². The van der Waals surface area contributed by atoms with Crippen molar-refractivity contribution in [3.05, 3.63) is 70.8 Å². The Labute approximate surface area is 219 Å².